The molecule has 0 spiro atoms. The zero-order chi connectivity index (χ0) is 39.3. The second-order valence-electron chi connectivity index (χ2n) is 14.6. The minimum Gasteiger partial charge on any atom is -0.665 e. The quantitative estimate of drug-likeness (QED) is 0.175. The first-order chi connectivity index (χ1) is 25.0. The zero-order valence-electron chi connectivity index (χ0n) is 33.8. The Kier molecular flexibility index (Phi) is 16.7. The van der Waals surface area contributed by atoms with Gasteiger partial charge in [0.15, 0.2) is 0 Å². The number of hydrogen-bond acceptors (Lipinski definition) is 2. The Morgan fingerprint density at radius 2 is 0.981 bits per heavy atom. The SMILES string of the molecule is CC(C)([CH]=[W]=[O])c1ccccc1.C[PH+](C)c1ccccc1.Cc1cc(C)c(-c2cccc(-c3c(C)cc(C)cc3C)c2O)c(C)c1.Cc1ccc(C)[n-]1. The first-order valence-corrected chi connectivity index (χ1v) is 23.5. The Labute approximate surface area is 329 Å². The minimum atomic E-state index is -1.43. The van der Waals surface area contributed by atoms with Crippen LogP contribution in [-0.4, -0.2) is 22.8 Å². The van der Waals surface area contributed by atoms with Crippen LogP contribution in [0.3, 0.4) is 0 Å². The first-order valence-electron chi connectivity index (χ1n) is 18.1. The van der Waals surface area contributed by atoms with Crippen molar-refractivity contribution in [1.82, 2.24) is 4.98 Å². The van der Waals surface area contributed by atoms with Crippen LogP contribution in [0.5, 0.6) is 5.75 Å². The van der Waals surface area contributed by atoms with Gasteiger partial charge in [0, 0.05) is 19.0 Å². The molecular formula is C48H58NO2PW. The van der Waals surface area contributed by atoms with E-state index in [4.69, 9.17) is 0 Å². The van der Waals surface area contributed by atoms with Crippen molar-refractivity contribution in [1.29, 1.82) is 0 Å². The number of para-hydroxylation sites is 1. The molecule has 0 saturated heterocycles. The normalized spacial score (nSPS) is 10.6. The molecule has 0 bridgehead atoms. The Bertz CT molecular complexity index is 1990. The number of aromatic nitrogens is 1. The molecule has 0 aliphatic rings. The van der Waals surface area contributed by atoms with Gasteiger partial charge in [-0.3, -0.25) is 0 Å². The van der Waals surface area contributed by atoms with E-state index in [2.05, 4.69) is 140 Å². The summed E-state index contributed by atoms with van der Waals surface area (Å²) in [6.45, 7) is 25.5. The van der Waals surface area contributed by atoms with Gasteiger partial charge in [-0.05, 0) is 87.1 Å². The van der Waals surface area contributed by atoms with Gasteiger partial charge in [0.1, 0.15) is 5.75 Å². The van der Waals surface area contributed by atoms with E-state index in [1.54, 1.807) is 0 Å². The number of rotatable bonds is 5. The molecule has 0 amide bonds. The average molecular weight is 896 g/mol. The first kappa shape index (κ1) is 43.4. The molecule has 5 heteroatoms. The summed E-state index contributed by atoms with van der Waals surface area (Å²) in [5, 5.41) is 12.6. The van der Waals surface area contributed by atoms with Crippen LogP contribution in [0.15, 0.2) is 115 Å². The predicted molar refractivity (Wildman–Crippen MR) is 229 cm³/mol. The summed E-state index contributed by atoms with van der Waals surface area (Å²) < 4.78 is 12.6. The molecule has 278 valence electrons. The van der Waals surface area contributed by atoms with Gasteiger partial charge in [-0.15, -0.1) is 0 Å². The van der Waals surface area contributed by atoms with Crippen molar-refractivity contribution in [3.8, 4) is 28.0 Å². The Balaban J connectivity index is 0.000000222. The minimum absolute atomic E-state index is 0.0202. The molecule has 3 nitrogen and oxygen atoms in total. The summed E-state index contributed by atoms with van der Waals surface area (Å²) in [4.78, 5) is 4.11. The van der Waals surface area contributed by atoms with E-state index in [-0.39, 0.29) is 13.3 Å². The summed E-state index contributed by atoms with van der Waals surface area (Å²) in [5.74, 6) is 0.368. The van der Waals surface area contributed by atoms with E-state index in [0.29, 0.717) is 5.75 Å². The second-order valence-corrected chi connectivity index (χ2v) is 18.8. The van der Waals surface area contributed by atoms with Crippen molar-refractivity contribution >= 4 is 17.6 Å². The fourth-order valence-corrected chi connectivity index (χ4v) is 8.79. The van der Waals surface area contributed by atoms with Gasteiger partial charge in [-0.2, -0.15) is 11.4 Å². The molecule has 0 aliphatic heterocycles. The van der Waals surface area contributed by atoms with Gasteiger partial charge in [-0.25, -0.2) is 0 Å². The maximum Gasteiger partial charge on any atom is 0.131 e. The molecular weight excluding hydrogens is 837 g/mol. The zero-order valence-corrected chi connectivity index (χ0v) is 37.7. The van der Waals surface area contributed by atoms with Crippen LogP contribution in [0.25, 0.3) is 22.3 Å². The van der Waals surface area contributed by atoms with E-state index in [1.807, 2.05) is 66.8 Å². The molecule has 0 radical (unpaired) electrons. The van der Waals surface area contributed by atoms with Gasteiger partial charge < -0.3 is 10.1 Å². The van der Waals surface area contributed by atoms with Crippen LogP contribution < -0.4 is 10.3 Å². The Morgan fingerprint density at radius 1 is 0.585 bits per heavy atom. The molecule has 5 aromatic carbocycles. The summed E-state index contributed by atoms with van der Waals surface area (Å²) in [6.07, 6.45) is 0. The fraction of sp³-hybridized carbons (Fsp3) is 0.271. The largest absolute Gasteiger partial charge is 0.665 e. The number of aromatic hydroxyl groups is 1. The van der Waals surface area contributed by atoms with Crippen LogP contribution in [0, 0.1) is 55.4 Å². The van der Waals surface area contributed by atoms with E-state index in [9.17, 15) is 8.50 Å². The van der Waals surface area contributed by atoms with E-state index in [0.717, 1.165) is 33.6 Å². The fourth-order valence-electron chi connectivity index (χ4n) is 6.58. The van der Waals surface area contributed by atoms with Crippen LogP contribution >= 0.6 is 7.92 Å². The standard InChI is InChI=1S/C24H26O.C10H12.C8H11P.C6H8N.O.W/c1-14-10-16(3)22(17(4)11-14)20-8-7-9-21(24(20)25)23-18(5)12-15(2)13-19(23)6;1-10(2,3)9-7-5-4-6-8-9;1-9(2)8-6-4-3-5-7-8;1-5-3-4-6(2)7-5;;/h7-13,25H,1-6H3;1,4-8H,2-3H3;3-7H,1-2H3;3-4H,1-2H3;;/q;;;-1;;/p+1. The summed E-state index contributed by atoms with van der Waals surface area (Å²) in [7, 11) is -0.212. The molecule has 6 aromatic rings. The van der Waals surface area contributed by atoms with Gasteiger partial charge in [-0.1, -0.05) is 97.8 Å². The molecule has 1 aromatic heterocycles. The third kappa shape index (κ3) is 12.8. The average Bonchev–Trinajstić information content (AvgIpc) is 3.49. The van der Waals surface area contributed by atoms with Gasteiger partial charge in [0.2, 0.25) is 0 Å². The number of nitrogens with zero attached hydrogens (tertiary/aromatic N) is 1. The smallest absolute Gasteiger partial charge is 0.131 e. The van der Waals surface area contributed by atoms with Crippen LogP contribution in [0.2, 0.25) is 0 Å². The van der Waals surface area contributed by atoms with E-state index >= 15 is 0 Å². The monoisotopic (exact) mass is 895 g/mol. The third-order valence-corrected chi connectivity index (χ3v) is 13.0. The summed E-state index contributed by atoms with van der Waals surface area (Å²) >= 11 is -1.43. The van der Waals surface area contributed by atoms with Gasteiger partial charge >= 0.3 is 81.0 Å². The van der Waals surface area contributed by atoms with Gasteiger partial charge in [0.05, 0.1) is 18.6 Å². The second kappa shape index (κ2) is 20.4. The predicted octanol–water partition coefficient (Wildman–Crippen LogP) is 11.8. The van der Waals surface area contributed by atoms with Crippen LogP contribution in [0.1, 0.15) is 64.2 Å². The van der Waals surface area contributed by atoms with E-state index in [1.165, 1.54) is 44.2 Å². The summed E-state index contributed by atoms with van der Waals surface area (Å²) in [6, 6.07) is 39.7. The number of benzene rings is 5. The number of phenolic OH excluding ortho intramolecular Hbond substituents is 1. The molecule has 53 heavy (non-hydrogen) atoms. The number of phenols is 1. The number of aryl methyl sites for hydroxylation is 8. The molecule has 0 aliphatic carbocycles. The molecule has 0 unspecified atom stereocenters. The van der Waals surface area contributed by atoms with Crippen LogP contribution in [0.4, 0.5) is 0 Å². The number of hydrogen-bond donors (Lipinski definition) is 1. The van der Waals surface area contributed by atoms with Crippen molar-refractivity contribution in [3.05, 3.63) is 166 Å². The maximum absolute atomic E-state index is 11.1. The van der Waals surface area contributed by atoms with Crippen LogP contribution in [-0.2, 0) is 26.9 Å². The molecule has 0 atom stereocenters. The Morgan fingerprint density at radius 3 is 1.30 bits per heavy atom. The van der Waals surface area contributed by atoms with Crippen molar-refractivity contribution < 1.29 is 26.6 Å². The third-order valence-electron chi connectivity index (χ3n) is 9.06. The van der Waals surface area contributed by atoms with Crippen molar-refractivity contribution in [2.24, 2.45) is 0 Å². The Hall–Kier alpha value is -4.03. The van der Waals surface area contributed by atoms with E-state index < -0.39 is 18.1 Å². The molecule has 0 saturated carbocycles. The molecule has 1 heterocycles. The maximum atomic E-state index is 11.1. The van der Waals surface area contributed by atoms with Crippen molar-refractivity contribution in [2.75, 3.05) is 13.3 Å². The van der Waals surface area contributed by atoms with Gasteiger partial charge in [0.25, 0.3) is 0 Å². The molecule has 0 fully saturated rings. The molecule has 1 N–H and O–H groups in total. The topological polar surface area (TPSA) is 51.4 Å². The summed E-state index contributed by atoms with van der Waals surface area (Å²) in [5.41, 5.74) is 14.8. The van der Waals surface area contributed by atoms with Crippen molar-refractivity contribution in [3.63, 3.8) is 0 Å². The molecule has 6 rings (SSSR count). The van der Waals surface area contributed by atoms with Crippen molar-refractivity contribution in [2.45, 2.75) is 74.7 Å².